The predicted molar refractivity (Wildman–Crippen MR) is 115 cm³/mol. The second-order valence-electron chi connectivity index (χ2n) is 6.83. The Morgan fingerprint density at radius 1 is 1.13 bits per heavy atom. The van der Waals surface area contributed by atoms with E-state index in [1.54, 1.807) is 6.07 Å². The predicted octanol–water partition coefficient (Wildman–Crippen LogP) is 4.82. The molecule has 0 atom stereocenters. The normalized spacial score (nSPS) is 10.8. The van der Waals surface area contributed by atoms with Crippen LogP contribution in [0.2, 0.25) is 5.02 Å². The molecule has 0 aliphatic carbocycles. The molecule has 0 fully saturated rings. The molecule has 2 aromatic carbocycles. The van der Waals surface area contributed by atoms with Gasteiger partial charge in [0, 0.05) is 28.8 Å². The number of amides is 1. The zero-order chi connectivity index (χ0) is 22.3. The van der Waals surface area contributed by atoms with Crippen molar-refractivity contribution >= 4 is 34.9 Å². The van der Waals surface area contributed by atoms with Crippen molar-refractivity contribution in [3.05, 3.63) is 68.2 Å². The van der Waals surface area contributed by atoms with Crippen LogP contribution in [0.1, 0.15) is 53.0 Å². The largest absolute Gasteiger partial charge is 0.478 e. The summed E-state index contributed by atoms with van der Waals surface area (Å²) in [7, 11) is 0. The fraction of sp³-hybridized carbons (Fsp3) is 0.333. The van der Waals surface area contributed by atoms with E-state index in [4.69, 9.17) is 11.6 Å². The molecule has 0 saturated heterocycles. The summed E-state index contributed by atoms with van der Waals surface area (Å²) < 4.78 is 0. The molecule has 0 unspecified atom stereocenters. The first kappa shape index (κ1) is 23.3. The summed E-state index contributed by atoms with van der Waals surface area (Å²) in [6.07, 6.45) is 1.86. The minimum absolute atomic E-state index is 0.0562. The Hall–Kier alpha value is -2.97. The van der Waals surface area contributed by atoms with Gasteiger partial charge in [0.25, 0.3) is 11.6 Å². The van der Waals surface area contributed by atoms with Crippen LogP contribution in [-0.4, -0.2) is 39.9 Å². The molecule has 0 radical (unpaired) electrons. The average molecular weight is 434 g/mol. The Morgan fingerprint density at radius 2 is 1.80 bits per heavy atom. The molecule has 160 valence electrons. The minimum atomic E-state index is -1.25. The van der Waals surface area contributed by atoms with Gasteiger partial charge in [0.1, 0.15) is 0 Å². The van der Waals surface area contributed by atoms with Crippen molar-refractivity contribution in [2.75, 3.05) is 18.4 Å². The number of benzene rings is 2. The van der Waals surface area contributed by atoms with Crippen LogP contribution in [0.15, 0.2) is 36.4 Å². The number of nitro groups is 1. The van der Waals surface area contributed by atoms with Crippen LogP contribution in [0.3, 0.4) is 0 Å². The first-order chi connectivity index (χ1) is 14.3. The van der Waals surface area contributed by atoms with Gasteiger partial charge in [-0.25, -0.2) is 4.79 Å². The number of nitrogens with zero attached hydrogens (tertiary/aromatic N) is 2. The maximum absolute atomic E-state index is 12.6. The standard InChI is InChI=1S/C21H24ClN3O5/c1-3-9-24(10-4-2)13-15-6-5-14(11-19(15)25(29)30)20(26)23-18-8-7-16(22)12-17(18)21(27)28/h5-8,11-12H,3-4,9-10,13H2,1-2H3,(H,23,26)(H,27,28). The molecular weight excluding hydrogens is 410 g/mol. The lowest BCUT2D eigenvalue weighted by Gasteiger charge is -2.21. The number of anilines is 1. The van der Waals surface area contributed by atoms with Gasteiger partial charge in [0.15, 0.2) is 0 Å². The number of hydrogen-bond donors (Lipinski definition) is 2. The Labute approximate surface area is 179 Å². The fourth-order valence-electron chi connectivity index (χ4n) is 3.15. The van der Waals surface area contributed by atoms with Gasteiger partial charge in [-0.2, -0.15) is 0 Å². The molecule has 0 aromatic heterocycles. The first-order valence-electron chi connectivity index (χ1n) is 9.60. The van der Waals surface area contributed by atoms with Gasteiger partial charge in [-0.3, -0.25) is 19.8 Å². The van der Waals surface area contributed by atoms with E-state index in [-0.39, 0.29) is 27.5 Å². The number of carboxylic acids is 1. The smallest absolute Gasteiger partial charge is 0.337 e. The lowest BCUT2D eigenvalue weighted by atomic mass is 10.1. The molecule has 30 heavy (non-hydrogen) atoms. The molecule has 8 nitrogen and oxygen atoms in total. The topological polar surface area (TPSA) is 113 Å². The second kappa shape index (κ2) is 10.7. The molecule has 0 saturated carbocycles. The lowest BCUT2D eigenvalue weighted by molar-refractivity contribution is -0.385. The Kier molecular flexibility index (Phi) is 8.32. The molecule has 0 aliphatic rings. The highest BCUT2D eigenvalue weighted by atomic mass is 35.5. The van der Waals surface area contributed by atoms with Gasteiger partial charge in [-0.15, -0.1) is 0 Å². The lowest BCUT2D eigenvalue weighted by Crippen LogP contribution is -2.25. The van der Waals surface area contributed by atoms with Crippen LogP contribution < -0.4 is 5.32 Å². The van der Waals surface area contributed by atoms with Crippen LogP contribution in [0.5, 0.6) is 0 Å². The Balaban J connectivity index is 2.30. The maximum Gasteiger partial charge on any atom is 0.337 e. The van der Waals surface area contributed by atoms with E-state index in [9.17, 15) is 24.8 Å². The molecule has 9 heteroatoms. The number of hydrogen-bond acceptors (Lipinski definition) is 5. The quantitative estimate of drug-likeness (QED) is 0.410. The van der Waals surface area contributed by atoms with Crippen molar-refractivity contribution in [2.24, 2.45) is 0 Å². The van der Waals surface area contributed by atoms with Crippen LogP contribution in [-0.2, 0) is 6.54 Å². The molecular formula is C21H24ClN3O5. The van der Waals surface area contributed by atoms with E-state index in [0.29, 0.717) is 12.1 Å². The Morgan fingerprint density at radius 3 is 2.37 bits per heavy atom. The maximum atomic E-state index is 12.6. The molecule has 0 spiro atoms. The van der Waals surface area contributed by atoms with Gasteiger partial charge in [-0.05, 0) is 50.2 Å². The van der Waals surface area contributed by atoms with Gasteiger partial charge in [-0.1, -0.05) is 31.5 Å². The minimum Gasteiger partial charge on any atom is -0.478 e. The van der Waals surface area contributed by atoms with Crippen molar-refractivity contribution in [3.63, 3.8) is 0 Å². The van der Waals surface area contributed by atoms with Crippen LogP contribution in [0, 0.1) is 10.1 Å². The SMILES string of the molecule is CCCN(CCC)Cc1ccc(C(=O)Nc2ccc(Cl)cc2C(=O)O)cc1[N+](=O)[O-]. The van der Waals surface area contributed by atoms with Crippen molar-refractivity contribution in [1.29, 1.82) is 0 Å². The summed E-state index contributed by atoms with van der Waals surface area (Å²) in [5.41, 5.74) is 0.331. The summed E-state index contributed by atoms with van der Waals surface area (Å²) in [6, 6.07) is 8.35. The number of carbonyl (C=O) groups is 2. The van der Waals surface area contributed by atoms with Crippen molar-refractivity contribution < 1.29 is 19.6 Å². The van der Waals surface area contributed by atoms with E-state index in [2.05, 4.69) is 10.2 Å². The molecule has 0 aliphatic heterocycles. The third-order valence-electron chi connectivity index (χ3n) is 4.48. The number of nitrogens with one attached hydrogen (secondary N) is 1. The van der Waals surface area contributed by atoms with Gasteiger partial charge in [0.05, 0.1) is 16.2 Å². The summed E-state index contributed by atoms with van der Waals surface area (Å²) in [5.74, 6) is -1.89. The zero-order valence-electron chi connectivity index (χ0n) is 16.9. The Bertz CT molecular complexity index is 942. The van der Waals surface area contributed by atoms with Crippen molar-refractivity contribution in [1.82, 2.24) is 4.90 Å². The highest BCUT2D eigenvalue weighted by Crippen LogP contribution is 2.25. The van der Waals surface area contributed by atoms with E-state index >= 15 is 0 Å². The summed E-state index contributed by atoms with van der Waals surface area (Å²) >= 11 is 5.82. The number of aromatic carboxylic acids is 1. The van der Waals surface area contributed by atoms with Crippen molar-refractivity contribution in [2.45, 2.75) is 33.2 Å². The number of rotatable bonds is 10. The third-order valence-corrected chi connectivity index (χ3v) is 4.71. The zero-order valence-corrected chi connectivity index (χ0v) is 17.6. The highest BCUT2D eigenvalue weighted by molar-refractivity contribution is 6.31. The van der Waals surface area contributed by atoms with Gasteiger partial charge >= 0.3 is 5.97 Å². The first-order valence-corrected chi connectivity index (χ1v) is 9.98. The van der Waals surface area contributed by atoms with E-state index in [1.165, 1.54) is 30.3 Å². The van der Waals surface area contributed by atoms with E-state index < -0.39 is 16.8 Å². The average Bonchev–Trinajstić information content (AvgIpc) is 2.69. The molecule has 2 rings (SSSR count). The van der Waals surface area contributed by atoms with Gasteiger partial charge in [0.2, 0.25) is 0 Å². The molecule has 0 heterocycles. The number of carboxylic acid groups (broad SMARTS) is 1. The summed E-state index contributed by atoms with van der Waals surface area (Å²) in [5, 5.41) is 23.6. The van der Waals surface area contributed by atoms with Crippen LogP contribution in [0.25, 0.3) is 0 Å². The van der Waals surface area contributed by atoms with E-state index in [1.807, 2.05) is 13.8 Å². The number of nitro benzene ring substituents is 1. The summed E-state index contributed by atoms with van der Waals surface area (Å²) in [4.78, 5) is 37.2. The van der Waals surface area contributed by atoms with Gasteiger partial charge < -0.3 is 10.4 Å². The third kappa shape index (κ3) is 6.01. The molecule has 2 N–H and O–H groups in total. The van der Waals surface area contributed by atoms with Crippen LogP contribution >= 0.6 is 11.6 Å². The van der Waals surface area contributed by atoms with Crippen LogP contribution in [0.4, 0.5) is 11.4 Å². The fourth-order valence-corrected chi connectivity index (χ4v) is 3.32. The number of halogens is 1. The molecule has 1 amide bonds. The second-order valence-corrected chi connectivity index (χ2v) is 7.26. The molecule has 2 aromatic rings. The van der Waals surface area contributed by atoms with Crippen molar-refractivity contribution in [3.8, 4) is 0 Å². The number of carbonyl (C=O) groups excluding carboxylic acids is 1. The molecule has 0 bridgehead atoms. The monoisotopic (exact) mass is 433 g/mol. The summed E-state index contributed by atoms with van der Waals surface area (Å²) in [6.45, 7) is 6.16. The highest BCUT2D eigenvalue weighted by Gasteiger charge is 2.20. The van der Waals surface area contributed by atoms with E-state index in [0.717, 1.165) is 25.9 Å².